The van der Waals surface area contributed by atoms with Gasteiger partial charge in [0.15, 0.2) is 0 Å². The lowest BCUT2D eigenvalue weighted by Crippen LogP contribution is -2.16. The standard InChI is InChI=1S/C14H10ClF3N2O/c15-10-7-8(5-6-11(10)19)13(21)20-12-4-2-1-3-9(12)14(16,17)18/h1-7H,19H2,(H,20,21). The van der Waals surface area contributed by atoms with Gasteiger partial charge in [-0.3, -0.25) is 4.79 Å². The maximum Gasteiger partial charge on any atom is 0.418 e. The molecule has 3 N–H and O–H groups in total. The van der Waals surface area contributed by atoms with Crippen LogP contribution in [0.4, 0.5) is 24.5 Å². The lowest BCUT2D eigenvalue weighted by atomic mass is 10.1. The van der Waals surface area contributed by atoms with Gasteiger partial charge in [-0.25, -0.2) is 0 Å². The van der Waals surface area contributed by atoms with Gasteiger partial charge in [-0.15, -0.1) is 0 Å². The molecule has 0 aliphatic carbocycles. The summed E-state index contributed by atoms with van der Waals surface area (Å²) in [6, 6.07) is 8.81. The molecule has 2 aromatic carbocycles. The minimum absolute atomic E-state index is 0.117. The Bertz CT molecular complexity index is 686. The van der Waals surface area contributed by atoms with Crippen LogP contribution in [0.25, 0.3) is 0 Å². The maximum atomic E-state index is 12.8. The van der Waals surface area contributed by atoms with Crippen LogP contribution in [-0.4, -0.2) is 5.91 Å². The number of amides is 1. The van der Waals surface area contributed by atoms with Crippen LogP contribution in [0, 0.1) is 0 Å². The molecule has 1 amide bonds. The number of benzene rings is 2. The van der Waals surface area contributed by atoms with E-state index in [4.69, 9.17) is 17.3 Å². The number of hydrogen-bond acceptors (Lipinski definition) is 2. The van der Waals surface area contributed by atoms with E-state index in [1.54, 1.807) is 0 Å². The maximum absolute atomic E-state index is 12.8. The molecule has 2 rings (SSSR count). The number of carbonyl (C=O) groups excluding carboxylic acids is 1. The van der Waals surface area contributed by atoms with Crippen LogP contribution >= 0.6 is 11.6 Å². The summed E-state index contributed by atoms with van der Waals surface area (Å²) in [6.07, 6.45) is -4.55. The Balaban J connectivity index is 2.30. The van der Waals surface area contributed by atoms with Crippen LogP contribution in [0.3, 0.4) is 0 Å². The summed E-state index contributed by atoms with van der Waals surface area (Å²) in [5.41, 5.74) is 4.67. The van der Waals surface area contributed by atoms with E-state index in [-0.39, 0.29) is 22.0 Å². The van der Waals surface area contributed by atoms with E-state index in [0.29, 0.717) is 0 Å². The van der Waals surface area contributed by atoms with E-state index in [1.165, 1.54) is 36.4 Å². The number of anilines is 2. The number of halogens is 4. The Labute approximate surface area is 123 Å². The van der Waals surface area contributed by atoms with Gasteiger partial charge in [0.25, 0.3) is 5.91 Å². The van der Waals surface area contributed by atoms with Crippen molar-refractivity contribution in [2.24, 2.45) is 0 Å². The first-order valence-corrected chi connectivity index (χ1v) is 6.19. The van der Waals surface area contributed by atoms with E-state index in [2.05, 4.69) is 5.32 Å². The van der Waals surface area contributed by atoms with Crippen molar-refractivity contribution in [2.75, 3.05) is 11.1 Å². The molecule has 0 heterocycles. The van der Waals surface area contributed by atoms with Crippen molar-refractivity contribution >= 4 is 28.9 Å². The van der Waals surface area contributed by atoms with Crippen molar-refractivity contribution in [1.29, 1.82) is 0 Å². The molecule has 0 aliphatic rings. The van der Waals surface area contributed by atoms with Gasteiger partial charge < -0.3 is 11.1 Å². The zero-order chi connectivity index (χ0) is 15.6. The molecule has 0 saturated heterocycles. The smallest absolute Gasteiger partial charge is 0.398 e. The fraction of sp³-hybridized carbons (Fsp3) is 0.0714. The number of nitrogens with one attached hydrogen (secondary N) is 1. The van der Waals surface area contributed by atoms with Gasteiger partial charge in [0.2, 0.25) is 0 Å². The number of nitrogen functional groups attached to an aromatic ring is 1. The molecule has 3 nitrogen and oxygen atoms in total. The van der Waals surface area contributed by atoms with Gasteiger partial charge in [-0.2, -0.15) is 13.2 Å². The van der Waals surface area contributed by atoms with E-state index in [1.807, 2.05) is 0 Å². The summed E-state index contributed by atoms with van der Waals surface area (Å²) in [4.78, 5) is 12.0. The highest BCUT2D eigenvalue weighted by Crippen LogP contribution is 2.34. The number of nitrogens with two attached hydrogens (primary N) is 1. The van der Waals surface area contributed by atoms with Crippen molar-refractivity contribution in [1.82, 2.24) is 0 Å². The van der Waals surface area contributed by atoms with Gasteiger partial charge in [0.1, 0.15) is 0 Å². The Morgan fingerprint density at radius 3 is 2.43 bits per heavy atom. The van der Waals surface area contributed by atoms with E-state index >= 15 is 0 Å². The Morgan fingerprint density at radius 1 is 1.14 bits per heavy atom. The molecule has 21 heavy (non-hydrogen) atoms. The minimum Gasteiger partial charge on any atom is -0.398 e. The quantitative estimate of drug-likeness (QED) is 0.816. The molecule has 0 spiro atoms. The summed E-state index contributed by atoms with van der Waals surface area (Å²) in [5, 5.41) is 2.38. The average Bonchev–Trinajstić information content (AvgIpc) is 2.41. The fourth-order valence-corrected chi connectivity index (χ4v) is 1.88. The molecule has 0 atom stereocenters. The lowest BCUT2D eigenvalue weighted by Gasteiger charge is -2.13. The highest BCUT2D eigenvalue weighted by Gasteiger charge is 2.33. The predicted octanol–water partition coefficient (Wildman–Crippen LogP) is 4.19. The summed E-state index contributed by atoms with van der Waals surface area (Å²) in [6.45, 7) is 0. The van der Waals surface area contributed by atoms with E-state index in [0.717, 1.165) is 6.07 Å². The van der Waals surface area contributed by atoms with Crippen LogP contribution in [-0.2, 0) is 6.18 Å². The summed E-state index contributed by atoms with van der Waals surface area (Å²) >= 11 is 5.78. The monoisotopic (exact) mass is 314 g/mol. The Morgan fingerprint density at radius 2 is 1.81 bits per heavy atom. The highest BCUT2D eigenvalue weighted by molar-refractivity contribution is 6.33. The normalized spacial score (nSPS) is 11.2. The SMILES string of the molecule is Nc1ccc(C(=O)Nc2ccccc2C(F)(F)F)cc1Cl. The van der Waals surface area contributed by atoms with Gasteiger partial charge >= 0.3 is 6.18 Å². The second-order valence-electron chi connectivity index (χ2n) is 4.23. The van der Waals surface area contributed by atoms with Gasteiger partial charge in [0, 0.05) is 5.56 Å². The number of hydrogen-bond donors (Lipinski definition) is 2. The third kappa shape index (κ3) is 3.46. The van der Waals surface area contributed by atoms with Crippen molar-refractivity contribution in [3.05, 3.63) is 58.6 Å². The lowest BCUT2D eigenvalue weighted by molar-refractivity contribution is -0.136. The van der Waals surface area contributed by atoms with E-state index < -0.39 is 17.6 Å². The highest BCUT2D eigenvalue weighted by atomic mass is 35.5. The molecular weight excluding hydrogens is 305 g/mol. The molecule has 0 aliphatic heterocycles. The first-order valence-electron chi connectivity index (χ1n) is 5.81. The molecule has 0 saturated carbocycles. The molecule has 7 heteroatoms. The summed E-state index contributed by atoms with van der Waals surface area (Å²) in [5.74, 6) is -0.700. The predicted molar refractivity (Wildman–Crippen MR) is 75.3 cm³/mol. The third-order valence-electron chi connectivity index (χ3n) is 2.74. The van der Waals surface area contributed by atoms with Crippen LogP contribution in [0.15, 0.2) is 42.5 Å². The minimum atomic E-state index is -4.55. The molecular formula is C14H10ClF3N2O. The van der Waals surface area contributed by atoms with Crippen LogP contribution < -0.4 is 11.1 Å². The fourth-order valence-electron chi connectivity index (χ4n) is 1.70. The molecule has 0 bridgehead atoms. The third-order valence-corrected chi connectivity index (χ3v) is 3.07. The Hall–Kier alpha value is -2.21. The molecule has 0 radical (unpaired) electrons. The molecule has 0 unspecified atom stereocenters. The zero-order valence-corrected chi connectivity index (χ0v) is 11.3. The molecule has 110 valence electrons. The molecule has 2 aromatic rings. The van der Waals surface area contributed by atoms with E-state index in [9.17, 15) is 18.0 Å². The van der Waals surface area contributed by atoms with Crippen LogP contribution in [0.1, 0.15) is 15.9 Å². The number of rotatable bonds is 2. The Kier molecular flexibility index (Phi) is 4.09. The van der Waals surface area contributed by atoms with Gasteiger partial charge in [0.05, 0.1) is 22.0 Å². The van der Waals surface area contributed by atoms with Crippen LogP contribution in [0.5, 0.6) is 0 Å². The molecule has 0 aromatic heterocycles. The van der Waals surface area contributed by atoms with Crippen LogP contribution in [0.2, 0.25) is 5.02 Å². The molecule has 0 fully saturated rings. The second-order valence-corrected chi connectivity index (χ2v) is 4.64. The summed E-state index contributed by atoms with van der Waals surface area (Å²) in [7, 11) is 0. The second kappa shape index (κ2) is 5.65. The largest absolute Gasteiger partial charge is 0.418 e. The first-order chi connectivity index (χ1) is 9.79. The van der Waals surface area contributed by atoms with Crippen molar-refractivity contribution in [3.63, 3.8) is 0 Å². The first kappa shape index (κ1) is 15.2. The average molecular weight is 315 g/mol. The topological polar surface area (TPSA) is 55.1 Å². The van der Waals surface area contributed by atoms with Crippen molar-refractivity contribution < 1.29 is 18.0 Å². The van der Waals surface area contributed by atoms with Gasteiger partial charge in [-0.1, -0.05) is 23.7 Å². The van der Waals surface area contributed by atoms with Crippen molar-refractivity contribution in [3.8, 4) is 0 Å². The van der Waals surface area contributed by atoms with Gasteiger partial charge in [-0.05, 0) is 30.3 Å². The summed E-state index contributed by atoms with van der Waals surface area (Å²) < 4.78 is 38.5. The number of para-hydroxylation sites is 1. The number of alkyl halides is 3. The number of carbonyl (C=O) groups is 1. The van der Waals surface area contributed by atoms with Crippen molar-refractivity contribution in [2.45, 2.75) is 6.18 Å². The zero-order valence-electron chi connectivity index (χ0n) is 10.5.